The molecule has 108 valence electrons. The third-order valence-electron chi connectivity index (χ3n) is 3.23. The van der Waals surface area contributed by atoms with Crippen LogP contribution >= 0.6 is 0 Å². The minimum atomic E-state index is 0.721. The summed E-state index contributed by atoms with van der Waals surface area (Å²) in [6, 6.07) is 3.90. The summed E-state index contributed by atoms with van der Waals surface area (Å²) in [4.78, 5) is 11.0. The van der Waals surface area contributed by atoms with Gasteiger partial charge in [-0.2, -0.15) is 0 Å². The fraction of sp³-hybridized carbons (Fsp3) is 0.467. The van der Waals surface area contributed by atoms with Crippen LogP contribution in [0.15, 0.2) is 29.1 Å². The summed E-state index contributed by atoms with van der Waals surface area (Å²) in [6.45, 7) is 8.77. The van der Waals surface area contributed by atoms with Gasteiger partial charge in [0.1, 0.15) is 23.7 Å². The highest BCUT2D eigenvalue weighted by Gasteiger charge is 2.15. The van der Waals surface area contributed by atoms with Crippen molar-refractivity contribution in [1.82, 2.24) is 9.97 Å². The van der Waals surface area contributed by atoms with E-state index in [4.69, 9.17) is 4.42 Å². The van der Waals surface area contributed by atoms with Crippen LogP contribution in [-0.2, 0) is 13.0 Å². The molecule has 0 aliphatic carbocycles. The SMILES string of the molecule is CCNc1ncnc(N(CC)Cc2ccco2)c1CC. The molecule has 0 unspecified atom stereocenters. The highest BCUT2D eigenvalue weighted by Crippen LogP contribution is 2.25. The van der Waals surface area contributed by atoms with Crippen molar-refractivity contribution < 1.29 is 4.42 Å². The second-order valence-corrected chi connectivity index (χ2v) is 4.50. The smallest absolute Gasteiger partial charge is 0.137 e. The number of furan rings is 1. The number of hydrogen-bond donors (Lipinski definition) is 1. The molecule has 5 nitrogen and oxygen atoms in total. The molecule has 0 saturated carbocycles. The fourth-order valence-electron chi connectivity index (χ4n) is 2.25. The summed E-state index contributed by atoms with van der Waals surface area (Å²) < 4.78 is 5.44. The minimum Gasteiger partial charge on any atom is -0.467 e. The molecular formula is C15H22N4O. The Balaban J connectivity index is 2.30. The van der Waals surface area contributed by atoms with Gasteiger partial charge >= 0.3 is 0 Å². The first kappa shape index (κ1) is 14.4. The average molecular weight is 274 g/mol. The third-order valence-corrected chi connectivity index (χ3v) is 3.23. The van der Waals surface area contributed by atoms with E-state index in [-0.39, 0.29) is 0 Å². The Labute approximate surface area is 120 Å². The zero-order valence-corrected chi connectivity index (χ0v) is 12.4. The lowest BCUT2D eigenvalue weighted by Crippen LogP contribution is -2.25. The fourth-order valence-corrected chi connectivity index (χ4v) is 2.25. The predicted molar refractivity (Wildman–Crippen MR) is 81.0 cm³/mol. The summed E-state index contributed by atoms with van der Waals surface area (Å²) in [5.74, 6) is 2.85. The predicted octanol–water partition coefficient (Wildman–Crippen LogP) is 3.09. The van der Waals surface area contributed by atoms with Crippen molar-refractivity contribution in [2.24, 2.45) is 0 Å². The number of hydrogen-bond acceptors (Lipinski definition) is 5. The molecule has 0 amide bonds. The molecule has 2 aromatic rings. The largest absolute Gasteiger partial charge is 0.467 e. The van der Waals surface area contributed by atoms with Crippen molar-refractivity contribution in [1.29, 1.82) is 0 Å². The van der Waals surface area contributed by atoms with Gasteiger partial charge in [-0.05, 0) is 32.4 Å². The van der Waals surface area contributed by atoms with Gasteiger partial charge in [-0.1, -0.05) is 6.92 Å². The normalized spacial score (nSPS) is 10.6. The van der Waals surface area contributed by atoms with Crippen LogP contribution in [-0.4, -0.2) is 23.1 Å². The first-order valence-electron chi connectivity index (χ1n) is 7.15. The minimum absolute atomic E-state index is 0.721. The molecule has 0 radical (unpaired) electrons. The van der Waals surface area contributed by atoms with E-state index in [0.717, 1.165) is 49.0 Å². The maximum absolute atomic E-state index is 5.44. The molecule has 5 heteroatoms. The molecule has 0 aliphatic rings. The Kier molecular flexibility index (Phi) is 4.98. The standard InChI is InChI=1S/C15H22N4O/c1-4-13-14(16-5-2)17-11-18-15(13)19(6-3)10-12-8-7-9-20-12/h7-9,11H,4-6,10H2,1-3H3,(H,16,17,18). The molecule has 20 heavy (non-hydrogen) atoms. The molecule has 0 atom stereocenters. The lowest BCUT2D eigenvalue weighted by atomic mass is 10.2. The van der Waals surface area contributed by atoms with E-state index < -0.39 is 0 Å². The monoisotopic (exact) mass is 274 g/mol. The van der Waals surface area contributed by atoms with Crippen LogP contribution in [0, 0.1) is 0 Å². The highest BCUT2D eigenvalue weighted by atomic mass is 16.3. The second kappa shape index (κ2) is 6.93. The first-order chi connectivity index (χ1) is 9.80. The molecule has 0 fully saturated rings. The molecule has 0 aromatic carbocycles. The van der Waals surface area contributed by atoms with Crippen molar-refractivity contribution >= 4 is 11.6 Å². The Morgan fingerprint density at radius 1 is 1.25 bits per heavy atom. The van der Waals surface area contributed by atoms with Crippen LogP contribution < -0.4 is 10.2 Å². The van der Waals surface area contributed by atoms with Crippen LogP contribution in [0.5, 0.6) is 0 Å². The number of anilines is 2. The van der Waals surface area contributed by atoms with Crippen molar-refractivity contribution in [3.63, 3.8) is 0 Å². The van der Waals surface area contributed by atoms with Crippen LogP contribution in [0.2, 0.25) is 0 Å². The van der Waals surface area contributed by atoms with Crippen LogP contribution in [0.4, 0.5) is 11.6 Å². The lowest BCUT2D eigenvalue weighted by molar-refractivity contribution is 0.502. The lowest BCUT2D eigenvalue weighted by Gasteiger charge is -2.24. The van der Waals surface area contributed by atoms with Gasteiger partial charge in [0.15, 0.2) is 0 Å². The Bertz CT molecular complexity index is 525. The van der Waals surface area contributed by atoms with Crippen LogP contribution in [0.1, 0.15) is 32.1 Å². The van der Waals surface area contributed by atoms with Crippen LogP contribution in [0.25, 0.3) is 0 Å². The molecular weight excluding hydrogens is 252 g/mol. The summed E-state index contributed by atoms with van der Waals surface area (Å²) in [5, 5.41) is 3.30. The first-order valence-corrected chi connectivity index (χ1v) is 7.15. The van der Waals surface area contributed by atoms with E-state index in [0.29, 0.717) is 0 Å². The molecule has 2 heterocycles. The molecule has 1 N–H and O–H groups in total. The van der Waals surface area contributed by atoms with Gasteiger partial charge in [0.05, 0.1) is 12.8 Å². The van der Waals surface area contributed by atoms with E-state index in [9.17, 15) is 0 Å². The van der Waals surface area contributed by atoms with Crippen molar-refractivity contribution in [3.05, 3.63) is 36.0 Å². The van der Waals surface area contributed by atoms with E-state index in [1.165, 1.54) is 0 Å². The van der Waals surface area contributed by atoms with Gasteiger partial charge in [0, 0.05) is 18.7 Å². The highest BCUT2D eigenvalue weighted by molar-refractivity contribution is 5.58. The van der Waals surface area contributed by atoms with E-state index in [1.807, 2.05) is 12.1 Å². The summed E-state index contributed by atoms with van der Waals surface area (Å²) in [7, 11) is 0. The van der Waals surface area contributed by atoms with Crippen molar-refractivity contribution in [2.45, 2.75) is 33.7 Å². The maximum atomic E-state index is 5.44. The Morgan fingerprint density at radius 2 is 2.10 bits per heavy atom. The zero-order valence-electron chi connectivity index (χ0n) is 12.4. The molecule has 2 rings (SSSR count). The molecule has 0 saturated heterocycles. The number of nitrogens with one attached hydrogen (secondary N) is 1. The van der Waals surface area contributed by atoms with Gasteiger partial charge in [-0.3, -0.25) is 0 Å². The summed E-state index contributed by atoms with van der Waals surface area (Å²) >= 11 is 0. The van der Waals surface area contributed by atoms with Gasteiger partial charge in [-0.25, -0.2) is 9.97 Å². The summed E-state index contributed by atoms with van der Waals surface area (Å²) in [5.41, 5.74) is 1.16. The van der Waals surface area contributed by atoms with Gasteiger partial charge in [-0.15, -0.1) is 0 Å². The van der Waals surface area contributed by atoms with E-state index >= 15 is 0 Å². The molecule has 0 aliphatic heterocycles. The number of aromatic nitrogens is 2. The number of rotatable bonds is 7. The van der Waals surface area contributed by atoms with Crippen LogP contribution in [0.3, 0.4) is 0 Å². The Hall–Kier alpha value is -2.04. The Morgan fingerprint density at radius 3 is 2.70 bits per heavy atom. The maximum Gasteiger partial charge on any atom is 0.137 e. The summed E-state index contributed by atoms with van der Waals surface area (Å²) in [6.07, 6.45) is 4.22. The van der Waals surface area contributed by atoms with Crippen molar-refractivity contribution in [3.8, 4) is 0 Å². The second-order valence-electron chi connectivity index (χ2n) is 4.50. The van der Waals surface area contributed by atoms with Crippen molar-refractivity contribution in [2.75, 3.05) is 23.3 Å². The average Bonchev–Trinajstić information content (AvgIpc) is 2.98. The van der Waals surface area contributed by atoms with E-state index in [1.54, 1.807) is 12.6 Å². The quantitative estimate of drug-likeness (QED) is 0.841. The van der Waals surface area contributed by atoms with Gasteiger partial charge in [0.25, 0.3) is 0 Å². The molecule has 0 bridgehead atoms. The third kappa shape index (κ3) is 3.10. The van der Waals surface area contributed by atoms with Gasteiger partial charge < -0.3 is 14.6 Å². The van der Waals surface area contributed by atoms with Gasteiger partial charge in [0.2, 0.25) is 0 Å². The zero-order chi connectivity index (χ0) is 14.4. The topological polar surface area (TPSA) is 54.2 Å². The number of nitrogens with zero attached hydrogens (tertiary/aromatic N) is 3. The van der Waals surface area contributed by atoms with E-state index in [2.05, 4.69) is 41.0 Å². The molecule has 0 spiro atoms. The molecule has 2 aromatic heterocycles.